The van der Waals surface area contributed by atoms with E-state index in [0.717, 1.165) is 17.1 Å². The molecular formula is C27H33NO6. The number of hydrogen-bond acceptors (Lipinski definition) is 7. The lowest BCUT2D eigenvalue weighted by Gasteiger charge is -2.27. The molecule has 2 unspecified atom stereocenters. The molecule has 0 bridgehead atoms. The third kappa shape index (κ3) is 8.59. The van der Waals surface area contributed by atoms with E-state index in [4.69, 9.17) is 18.9 Å². The monoisotopic (exact) mass is 467 g/mol. The van der Waals surface area contributed by atoms with Gasteiger partial charge in [-0.2, -0.15) is 0 Å². The van der Waals surface area contributed by atoms with Gasteiger partial charge in [-0.05, 0) is 54.1 Å². The summed E-state index contributed by atoms with van der Waals surface area (Å²) >= 11 is 0. The summed E-state index contributed by atoms with van der Waals surface area (Å²) in [6.45, 7) is 1.53. The van der Waals surface area contributed by atoms with E-state index in [9.17, 15) is 10.2 Å². The molecule has 3 rings (SSSR count). The van der Waals surface area contributed by atoms with Gasteiger partial charge in [0.25, 0.3) is 0 Å². The molecule has 0 radical (unpaired) electrons. The molecule has 0 aromatic heterocycles. The van der Waals surface area contributed by atoms with E-state index in [-0.39, 0.29) is 13.2 Å². The zero-order valence-corrected chi connectivity index (χ0v) is 19.7. The Kier molecular flexibility index (Phi) is 10.0. The molecule has 3 aromatic rings. The molecule has 0 aliphatic rings. The van der Waals surface area contributed by atoms with Crippen LogP contribution < -0.4 is 18.9 Å². The first-order valence-electron chi connectivity index (χ1n) is 11.2. The van der Waals surface area contributed by atoms with Crippen molar-refractivity contribution in [1.29, 1.82) is 0 Å². The Bertz CT molecular complexity index is 890. The predicted molar refractivity (Wildman–Crippen MR) is 131 cm³/mol. The maximum absolute atomic E-state index is 10.6. The van der Waals surface area contributed by atoms with Crippen LogP contribution in [-0.4, -0.2) is 67.8 Å². The van der Waals surface area contributed by atoms with Gasteiger partial charge in [-0.25, -0.2) is 0 Å². The predicted octanol–water partition coefficient (Wildman–Crippen LogP) is 3.39. The highest BCUT2D eigenvalue weighted by molar-refractivity contribution is 5.31. The lowest BCUT2D eigenvalue weighted by atomic mass is 10.2. The van der Waals surface area contributed by atoms with E-state index in [1.807, 2.05) is 59.5 Å². The number of rotatable bonds is 14. The second-order valence-corrected chi connectivity index (χ2v) is 7.96. The van der Waals surface area contributed by atoms with E-state index < -0.39 is 12.2 Å². The SMILES string of the molecule is COc1ccc(OCC(O)CN(Cc2ccccc2)CC(O)COc2ccc(OC)cc2)cc1. The molecule has 0 aliphatic carbocycles. The highest BCUT2D eigenvalue weighted by atomic mass is 16.5. The number of ether oxygens (including phenoxy) is 4. The topological polar surface area (TPSA) is 80.6 Å². The minimum absolute atomic E-state index is 0.135. The van der Waals surface area contributed by atoms with Crippen molar-refractivity contribution in [1.82, 2.24) is 4.90 Å². The number of benzene rings is 3. The van der Waals surface area contributed by atoms with E-state index in [1.54, 1.807) is 38.5 Å². The van der Waals surface area contributed by atoms with Crippen molar-refractivity contribution in [2.24, 2.45) is 0 Å². The molecule has 0 heterocycles. The smallest absolute Gasteiger partial charge is 0.119 e. The van der Waals surface area contributed by atoms with Crippen LogP contribution in [0.1, 0.15) is 5.56 Å². The average Bonchev–Trinajstić information content (AvgIpc) is 2.87. The van der Waals surface area contributed by atoms with Crippen molar-refractivity contribution in [3.05, 3.63) is 84.4 Å². The van der Waals surface area contributed by atoms with Crippen LogP contribution in [0.3, 0.4) is 0 Å². The fraction of sp³-hybridized carbons (Fsp3) is 0.333. The quantitative estimate of drug-likeness (QED) is 0.376. The molecular weight excluding hydrogens is 434 g/mol. The summed E-state index contributed by atoms with van der Waals surface area (Å²) in [4.78, 5) is 2.00. The first kappa shape index (κ1) is 25.4. The Morgan fingerprint density at radius 1 is 0.618 bits per heavy atom. The molecule has 0 fully saturated rings. The molecule has 7 heteroatoms. The van der Waals surface area contributed by atoms with Gasteiger partial charge in [0.05, 0.1) is 14.2 Å². The summed E-state index contributed by atoms with van der Waals surface area (Å²) < 4.78 is 21.7. The minimum Gasteiger partial charge on any atom is -0.497 e. The van der Waals surface area contributed by atoms with E-state index >= 15 is 0 Å². The second kappa shape index (κ2) is 13.4. The molecule has 0 amide bonds. The van der Waals surface area contributed by atoms with Gasteiger partial charge in [0, 0.05) is 19.6 Å². The highest BCUT2D eigenvalue weighted by Crippen LogP contribution is 2.18. The number of aliphatic hydroxyl groups excluding tert-OH is 2. The number of aliphatic hydroxyl groups is 2. The molecule has 2 atom stereocenters. The number of methoxy groups -OCH3 is 2. The van der Waals surface area contributed by atoms with E-state index in [2.05, 4.69) is 0 Å². The van der Waals surface area contributed by atoms with Crippen LogP contribution in [0.5, 0.6) is 23.0 Å². The van der Waals surface area contributed by atoms with Gasteiger partial charge in [0.1, 0.15) is 48.4 Å². The standard InChI is InChI=1S/C27H33NO6/c1-31-24-8-12-26(13-9-24)33-19-22(29)17-28(16-21-6-4-3-5-7-21)18-23(30)20-34-27-14-10-25(32-2)11-15-27/h3-15,22-23,29-30H,16-20H2,1-2H3. The van der Waals surface area contributed by atoms with E-state index in [0.29, 0.717) is 31.1 Å². The fourth-order valence-corrected chi connectivity index (χ4v) is 3.48. The van der Waals surface area contributed by atoms with Gasteiger partial charge >= 0.3 is 0 Å². The van der Waals surface area contributed by atoms with Gasteiger partial charge in [-0.15, -0.1) is 0 Å². The normalized spacial score (nSPS) is 12.7. The summed E-state index contributed by atoms with van der Waals surface area (Å²) in [5.41, 5.74) is 1.09. The average molecular weight is 468 g/mol. The summed E-state index contributed by atoms with van der Waals surface area (Å²) in [6.07, 6.45) is -1.47. The summed E-state index contributed by atoms with van der Waals surface area (Å²) in [5, 5.41) is 21.2. The molecule has 7 nitrogen and oxygen atoms in total. The third-order valence-electron chi connectivity index (χ3n) is 5.19. The Morgan fingerprint density at radius 3 is 1.44 bits per heavy atom. The Morgan fingerprint density at radius 2 is 1.03 bits per heavy atom. The lowest BCUT2D eigenvalue weighted by Crippen LogP contribution is -2.41. The zero-order chi connectivity index (χ0) is 24.2. The Balaban J connectivity index is 1.53. The van der Waals surface area contributed by atoms with Gasteiger partial charge in [0.15, 0.2) is 0 Å². The van der Waals surface area contributed by atoms with Gasteiger partial charge in [-0.1, -0.05) is 30.3 Å². The molecule has 0 aliphatic heterocycles. The zero-order valence-electron chi connectivity index (χ0n) is 19.7. The van der Waals surface area contributed by atoms with Gasteiger partial charge in [-0.3, -0.25) is 4.90 Å². The highest BCUT2D eigenvalue weighted by Gasteiger charge is 2.18. The molecule has 34 heavy (non-hydrogen) atoms. The van der Waals surface area contributed by atoms with Crippen molar-refractivity contribution in [3.63, 3.8) is 0 Å². The molecule has 3 aromatic carbocycles. The van der Waals surface area contributed by atoms with Crippen molar-refractivity contribution < 1.29 is 29.2 Å². The first-order chi connectivity index (χ1) is 16.6. The Hall–Kier alpha value is -3.26. The summed E-state index contributed by atoms with van der Waals surface area (Å²) in [5.74, 6) is 2.80. The first-order valence-corrected chi connectivity index (χ1v) is 11.2. The van der Waals surface area contributed by atoms with Crippen LogP contribution in [0.15, 0.2) is 78.9 Å². The van der Waals surface area contributed by atoms with Gasteiger partial charge < -0.3 is 29.2 Å². The van der Waals surface area contributed by atoms with E-state index in [1.165, 1.54) is 0 Å². The van der Waals surface area contributed by atoms with Crippen LogP contribution in [-0.2, 0) is 6.54 Å². The fourth-order valence-electron chi connectivity index (χ4n) is 3.48. The molecule has 0 saturated carbocycles. The largest absolute Gasteiger partial charge is 0.497 e. The van der Waals surface area contributed by atoms with Crippen LogP contribution >= 0.6 is 0 Å². The maximum Gasteiger partial charge on any atom is 0.119 e. The third-order valence-corrected chi connectivity index (χ3v) is 5.19. The van der Waals surface area contributed by atoms with Crippen LogP contribution in [0.4, 0.5) is 0 Å². The number of hydrogen-bond donors (Lipinski definition) is 2. The second-order valence-electron chi connectivity index (χ2n) is 7.96. The molecule has 0 spiro atoms. The van der Waals surface area contributed by atoms with Crippen molar-refractivity contribution in [3.8, 4) is 23.0 Å². The molecule has 182 valence electrons. The van der Waals surface area contributed by atoms with Crippen molar-refractivity contribution in [2.75, 3.05) is 40.5 Å². The molecule has 0 saturated heterocycles. The van der Waals surface area contributed by atoms with Crippen LogP contribution in [0, 0.1) is 0 Å². The maximum atomic E-state index is 10.6. The Labute approximate surface area is 201 Å². The van der Waals surface area contributed by atoms with Crippen molar-refractivity contribution in [2.45, 2.75) is 18.8 Å². The summed E-state index contributed by atoms with van der Waals surface area (Å²) in [6, 6.07) is 24.4. The van der Waals surface area contributed by atoms with Crippen LogP contribution in [0.2, 0.25) is 0 Å². The summed E-state index contributed by atoms with van der Waals surface area (Å²) in [7, 11) is 3.22. The lowest BCUT2D eigenvalue weighted by molar-refractivity contribution is 0.0283. The van der Waals surface area contributed by atoms with Crippen molar-refractivity contribution >= 4 is 0 Å². The minimum atomic E-state index is -0.736. The number of nitrogens with zero attached hydrogens (tertiary/aromatic N) is 1. The molecule has 2 N–H and O–H groups in total. The van der Waals surface area contributed by atoms with Gasteiger partial charge in [0.2, 0.25) is 0 Å². The van der Waals surface area contributed by atoms with Crippen LogP contribution in [0.25, 0.3) is 0 Å².